The van der Waals surface area contributed by atoms with Crippen molar-refractivity contribution in [3.63, 3.8) is 0 Å². The van der Waals surface area contributed by atoms with Crippen LogP contribution in [0.2, 0.25) is 0 Å². The van der Waals surface area contributed by atoms with Crippen LogP contribution in [0.15, 0.2) is 0 Å². The minimum absolute atomic E-state index is 0.262. The highest BCUT2D eigenvalue weighted by Gasteiger charge is 2.05. The lowest BCUT2D eigenvalue weighted by Crippen LogP contribution is -2.32. The molecule has 0 aromatic rings. The number of halogens is 1. The van der Waals surface area contributed by atoms with E-state index in [0.29, 0.717) is 6.04 Å². The maximum Gasteiger partial charge on any atom is 0.0584 e. The molecule has 1 atom stereocenters. The van der Waals surface area contributed by atoms with Crippen molar-refractivity contribution in [3.05, 3.63) is 0 Å². The quantitative estimate of drug-likeness (QED) is 0.589. The van der Waals surface area contributed by atoms with Crippen molar-refractivity contribution in [2.75, 3.05) is 24.6 Å². The minimum Gasteiger partial charge on any atom is -0.395 e. The summed E-state index contributed by atoms with van der Waals surface area (Å²) in [7, 11) is 2.05. The predicted octanol–water partition coefficient (Wildman–Crippen LogP) is 1.12. The van der Waals surface area contributed by atoms with Crippen LogP contribution in [0.3, 0.4) is 0 Å². The van der Waals surface area contributed by atoms with Crippen molar-refractivity contribution >= 4 is 22.6 Å². The molecule has 0 saturated carbocycles. The Hall–Kier alpha value is 0.650. The van der Waals surface area contributed by atoms with Crippen molar-refractivity contribution in [1.29, 1.82) is 0 Å². The van der Waals surface area contributed by atoms with E-state index in [1.54, 1.807) is 0 Å². The summed E-state index contributed by atoms with van der Waals surface area (Å²) in [6.07, 6.45) is 1.21. The minimum atomic E-state index is 0.262. The van der Waals surface area contributed by atoms with Gasteiger partial charge in [0.05, 0.1) is 6.61 Å². The first-order valence-corrected chi connectivity index (χ1v) is 5.12. The SMILES string of the molecule is C[C@@H](CO)N(C)CCCI. The van der Waals surface area contributed by atoms with E-state index in [-0.39, 0.29) is 6.61 Å². The van der Waals surface area contributed by atoms with Crippen molar-refractivity contribution in [1.82, 2.24) is 4.90 Å². The lowest BCUT2D eigenvalue weighted by molar-refractivity contribution is 0.160. The largest absolute Gasteiger partial charge is 0.395 e. The molecule has 0 bridgehead atoms. The van der Waals surface area contributed by atoms with Crippen molar-refractivity contribution in [2.24, 2.45) is 0 Å². The molecular weight excluding hydrogens is 241 g/mol. The molecule has 1 N–H and O–H groups in total. The highest BCUT2D eigenvalue weighted by Crippen LogP contribution is 1.97. The number of alkyl halides is 1. The lowest BCUT2D eigenvalue weighted by Gasteiger charge is -2.21. The maximum absolute atomic E-state index is 8.76. The predicted molar refractivity (Wildman–Crippen MR) is 52.7 cm³/mol. The van der Waals surface area contributed by atoms with E-state index in [4.69, 9.17) is 5.11 Å². The van der Waals surface area contributed by atoms with E-state index < -0.39 is 0 Å². The Morgan fingerprint density at radius 3 is 2.60 bits per heavy atom. The molecule has 0 unspecified atom stereocenters. The van der Waals surface area contributed by atoms with Gasteiger partial charge in [0.15, 0.2) is 0 Å². The van der Waals surface area contributed by atoms with Crippen LogP contribution in [0.5, 0.6) is 0 Å². The Morgan fingerprint density at radius 1 is 1.60 bits per heavy atom. The van der Waals surface area contributed by atoms with E-state index in [1.807, 2.05) is 14.0 Å². The number of aliphatic hydroxyl groups is 1. The van der Waals surface area contributed by atoms with Crippen molar-refractivity contribution in [2.45, 2.75) is 19.4 Å². The Balaban J connectivity index is 3.31. The number of aliphatic hydroxyl groups excluding tert-OH is 1. The highest BCUT2D eigenvalue weighted by molar-refractivity contribution is 14.1. The monoisotopic (exact) mass is 257 g/mol. The third kappa shape index (κ3) is 4.46. The molecule has 0 aromatic carbocycles. The lowest BCUT2D eigenvalue weighted by atomic mass is 10.3. The molecule has 0 aliphatic rings. The Morgan fingerprint density at radius 2 is 2.20 bits per heavy atom. The highest BCUT2D eigenvalue weighted by atomic mass is 127. The van der Waals surface area contributed by atoms with Gasteiger partial charge in [0.2, 0.25) is 0 Å². The standard InChI is InChI=1S/C7H16INO/c1-7(6-10)9(2)5-3-4-8/h7,10H,3-6H2,1-2H3/t7-/m0/s1. The van der Waals surface area contributed by atoms with Crippen LogP contribution < -0.4 is 0 Å². The second kappa shape index (κ2) is 6.37. The molecule has 0 aliphatic carbocycles. The Kier molecular flexibility index (Phi) is 6.78. The van der Waals surface area contributed by atoms with Gasteiger partial charge in [-0.05, 0) is 26.9 Å². The fraction of sp³-hybridized carbons (Fsp3) is 1.00. The van der Waals surface area contributed by atoms with Gasteiger partial charge in [0.1, 0.15) is 0 Å². The summed E-state index contributed by atoms with van der Waals surface area (Å²) in [5.41, 5.74) is 0. The van der Waals surface area contributed by atoms with E-state index >= 15 is 0 Å². The summed E-state index contributed by atoms with van der Waals surface area (Å²) in [5, 5.41) is 8.76. The summed E-state index contributed by atoms with van der Waals surface area (Å²) >= 11 is 2.37. The van der Waals surface area contributed by atoms with Gasteiger partial charge in [-0.3, -0.25) is 0 Å². The van der Waals surface area contributed by atoms with Crippen LogP contribution in [0.25, 0.3) is 0 Å². The van der Waals surface area contributed by atoms with Crippen LogP contribution in [0, 0.1) is 0 Å². The molecule has 0 rings (SSSR count). The smallest absolute Gasteiger partial charge is 0.0584 e. The zero-order chi connectivity index (χ0) is 7.98. The number of likely N-dealkylation sites (N-methyl/N-ethyl adjacent to an activating group) is 1. The molecule has 2 nitrogen and oxygen atoms in total. The van der Waals surface area contributed by atoms with E-state index in [0.717, 1.165) is 6.54 Å². The van der Waals surface area contributed by atoms with Crippen LogP contribution in [-0.4, -0.2) is 40.7 Å². The number of rotatable bonds is 5. The summed E-state index contributed by atoms with van der Waals surface area (Å²) in [4.78, 5) is 2.18. The molecule has 0 radical (unpaired) electrons. The summed E-state index contributed by atoms with van der Waals surface area (Å²) < 4.78 is 1.19. The summed E-state index contributed by atoms with van der Waals surface area (Å²) in [6, 6.07) is 0.308. The third-order valence-electron chi connectivity index (χ3n) is 1.66. The molecule has 0 amide bonds. The van der Waals surface area contributed by atoms with Gasteiger partial charge < -0.3 is 10.0 Å². The van der Waals surface area contributed by atoms with Crippen LogP contribution in [-0.2, 0) is 0 Å². The van der Waals surface area contributed by atoms with Crippen LogP contribution in [0.1, 0.15) is 13.3 Å². The number of nitrogens with zero attached hydrogens (tertiary/aromatic N) is 1. The van der Waals surface area contributed by atoms with Gasteiger partial charge in [-0.1, -0.05) is 22.6 Å². The molecule has 0 aliphatic heterocycles. The topological polar surface area (TPSA) is 23.5 Å². The molecular formula is C7H16INO. The molecule has 10 heavy (non-hydrogen) atoms. The molecule has 0 aromatic heterocycles. The normalized spacial score (nSPS) is 14.1. The zero-order valence-corrected chi connectivity index (χ0v) is 8.84. The summed E-state index contributed by atoms with van der Waals surface area (Å²) in [6.45, 7) is 3.38. The van der Waals surface area contributed by atoms with Crippen LogP contribution >= 0.6 is 22.6 Å². The maximum atomic E-state index is 8.76. The van der Waals surface area contributed by atoms with Gasteiger partial charge in [-0.25, -0.2) is 0 Å². The molecule has 0 saturated heterocycles. The molecule has 3 heteroatoms. The van der Waals surface area contributed by atoms with Crippen molar-refractivity contribution < 1.29 is 5.11 Å². The van der Waals surface area contributed by atoms with E-state index in [9.17, 15) is 0 Å². The zero-order valence-electron chi connectivity index (χ0n) is 6.68. The van der Waals surface area contributed by atoms with E-state index in [2.05, 4.69) is 27.5 Å². The molecule has 0 heterocycles. The third-order valence-corrected chi connectivity index (χ3v) is 2.42. The molecule has 62 valence electrons. The van der Waals surface area contributed by atoms with Gasteiger partial charge >= 0.3 is 0 Å². The van der Waals surface area contributed by atoms with Gasteiger partial charge in [-0.15, -0.1) is 0 Å². The average Bonchev–Trinajstić information content (AvgIpc) is 1.98. The number of hydrogen-bond donors (Lipinski definition) is 1. The second-order valence-electron chi connectivity index (χ2n) is 2.55. The molecule has 0 spiro atoms. The van der Waals surface area contributed by atoms with E-state index in [1.165, 1.54) is 10.8 Å². The van der Waals surface area contributed by atoms with Gasteiger partial charge in [0, 0.05) is 10.5 Å². The first kappa shape index (κ1) is 10.7. The Labute approximate surface area is 76.7 Å². The first-order chi connectivity index (χ1) is 4.72. The summed E-state index contributed by atoms with van der Waals surface area (Å²) in [5.74, 6) is 0. The fourth-order valence-corrected chi connectivity index (χ4v) is 1.01. The van der Waals surface area contributed by atoms with Crippen molar-refractivity contribution in [3.8, 4) is 0 Å². The van der Waals surface area contributed by atoms with Gasteiger partial charge in [-0.2, -0.15) is 0 Å². The fourth-order valence-electron chi connectivity index (χ4n) is 0.669. The second-order valence-corrected chi connectivity index (χ2v) is 3.63. The Bertz CT molecular complexity index is 80.0. The van der Waals surface area contributed by atoms with Crippen LogP contribution in [0.4, 0.5) is 0 Å². The molecule has 0 fully saturated rings. The van der Waals surface area contributed by atoms with Gasteiger partial charge in [0.25, 0.3) is 0 Å². The average molecular weight is 257 g/mol. The number of hydrogen-bond acceptors (Lipinski definition) is 2. The first-order valence-electron chi connectivity index (χ1n) is 3.59.